The molecule has 3 nitrogen and oxygen atoms in total. The van der Waals surface area contributed by atoms with E-state index in [1.54, 1.807) is 0 Å². The highest BCUT2D eigenvalue weighted by atomic mass is 16.5. The van der Waals surface area contributed by atoms with E-state index in [1.165, 1.54) is 24.0 Å². The molecule has 1 aliphatic carbocycles. The lowest BCUT2D eigenvalue weighted by molar-refractivity contribution is 0.00670. The van der Waals surface area contributed by atoms with Gasteiger partial charge in [0.25, 0.3) is 0 Å². The van der Waals surface area contributed by atoms with E-state index in [0.717, 1.165) is 13.2 Å². The van der Waals surface area contributed by atoms with Gasteiger partial charge in [0.05, 0.1) is 19.3 Å². The first kappa shape index (κ1) is 14.5. The molecule has 1 saturated carbocycles. The van der Waals surface area contributed by atoms with Crippen molar-refractivity contribution in [1.82, 2.24) is 5.32 Å². The second-order valence-corrected chi connectivity index (χ2v) is 5.15. The molecule has 1 fully saturated rings. The van der Waals surface area contributed by atoms with Gasteiger partial charge in [0.2, 0.25) is 0 Å². The molecule has 106 valence electrons. The van der Waals surface area contributed by atoms with Crippen LogP contribution in [-0.4, -0.2) is 32.4 Å². The van der Waals surface area contributed by atoms with Gasteiger partial charge in [-0.2, -0.15) is 0 Å². The zero-order chi connectivity index (χ0) is 13.5. The Morgan fingerprint density at radius 2 is 2.16 bits per heavy atom. The fourth-order valence-electron chi connectivity index (χ4n) is 2.10. The second-order valence-electron chi connectivity index (χ2n) is 5.15. The molecular weight excluding hydrogens is 238 g/mol. The van der Waals surface area contributed by atoms with Crippen molar-refractivity contribution in [3.8, 4) is 0 Å². The fraction of sp³-hybridized carbons (Fsp3) is 0.625. The van der Waals surface area contributed by atoms with Crippen molar-refractivity contribution in [2.45, 2.75) is 38.8 Å². The summed E-state index contributed by atoms with van der Waals surface area (Å²) in [4.78, 5) is 0. The van der Waals surface area contributed by atoms with Gasteiger partial charge < -0.3 is 14.8 Å². The van der Waals surface area contributed by atoms with E-state index >= 15 is 0 Å². The molecule has 0 spiro atoms. The summed E-state index contributed by atoms with van der Waals surface area (Å²) < 4.78 is 11.3. The molecule has 0 heterocycles. The number of hydrogen-bond donors (Lipinski definition) is 1. The van der Waals surface area contributed by atoms with Crippen LogP contribution in [0.3, 0.4) is 0 Å². The van der Waals surface area contributed by atoms with E-state index in [2.05, 4.69) is 36.5 Å². The molecule has 2 rings (SSSR count). The van der Waals surface area contributed by atoms with E-state index in [0.29, 0.717) is 19.3 Å². The molecule has 0 bridgehead atoms. The monoisotopic (exact) mass is 263 g/mol. The molecule has 1 aromatic carbocycles. The molecule has 1 N–H and O–H groups in total. The Balaban J connectivity index is 1.87. The molecule has 1 aliphatic rings. The molecule has 1 unspecified atom stereocenters. The Kier molecular flexibility index (Phi) is 5.83. The molecule has 1 atom stereocenters. The van der Waals surface area contributed by atoms with E-state index < -0.39 is 0 Å². The number of nitrogens with one attached hydrogen (secondary N) is 1. The van der Waals surface area contributed by atoms with Crippen LogP contribution in [-0.2, 0) is 9.47 Å². The van der Waals surface area contributed by atoms with Crippen LogP contribution in [0.15, 0.2) is 24.3 Å². The van der Waals surface area contributed by atoms with Crippen LogP contribution in [0.5, 0.6) is 0 Å². The molecule has 1 aromatic rings. The minimum atomic E-state index is 0.126. The minimum absolute atomic E-state index is 0.126. The largest absolute Gasteiger partial charge is 0.379 e. The summed E-state index contributed by atoms with van der Waals surface area (Å²) in [6, 6.07) is 9.28. The first-order chi connectivity index (χ1) is 9.29. The Labute approximate surface area is 116 Å². The topological polar surface area (TPSA) is 30.5 Å². The van der Waals surface area contributed by atoms with Crippen molar-refractivity contribution in [3.05, 3.63) is 35.4 Å². The standard InChI is InChI=1S/C16H25NO2/c1-3-18-9-10-19-16(12-17-15-7-8-15)14-6-4-5-13(2)11-14/h4-6,11,15-17H,3,7-10,12H2,1-2H3. The summed E-state index contributed by atoms with van der Waals surface area (Å²) >= 11 is 0. The predicted molar refractivity (Wildman–Crippen MR) is 77.4 cm³/mol. The zero-order valence-corrected chi connectivity index (χ0v) is 12.0. The first-order valence-corrected chi connectivity index (χ1v) is 7.29. The molecule has 0 aromatic heterocycles. The summed E-state index contributed by atoms with van der Waals surface area (Å²) in [5.74, 6) is 0. The number of aryl methyl sites for hydroxylation is 1. The number of ether oxygens (including phenoxy) is 2. The Bertz CT molecular complexity index is 377. The van der Waals surface area contributed by atoms with Crippen molar-refractivity contribution in [3.63, 3.8) is 0 Å². The van der Waals surface area contributed by atoms with E-state index in [9.17, 15) is 0 Å². The third-order valence-corrected chi connectivity index (χ3v) is 3.33. The molecular formula is C16H25NO2. The van der Waals surface area contributed by atoms with Crippen LogP contribution in [0.25, 0.3) is 0 Å². The average Bonchev–Trinajstić information content (AvgIpc) is 3.22. The highest BCUT2D eigenvalue weighted by molar-refractivity contribution is 5.24. The predicted octanol–water partition coefficient (Wildman–Crippen LogP) is 2.84. The van der Waals surface area contributed by atoms with Gasteiger partial charge in [-0.3, -0.25) is 0 Å². The van der Waals surface area contributed by atoms with Crippen LogP contribution in [0.1, 0.15) is 37.0 Å². The Morgan fingerprint density at radius 1 is 1.32 bits per heavy atom. The average molecular weight is 263 g/mol. The summed E-state index contributed by atoms with van der Waals surface area (Å²) in [5.41, 5.74) is 2.53. The summed E-state index contributed by atoms with van der Waals surface area (Å²) in [5, 5.41) is 3.55. The minimum Gasteiger partial charge on any atom is -0.379 e. The maximum atomic E-state index is 5.98. The van der Waals surface area contributed by atoms with Gasteiger partial charge in [0.15, 0.2) is 0 Å². The molecule has 19 heavy (non-hydrogen) atoms. The van der Waals surface area contributed by atoms with Crippen LogP contribution in [0, 0.1) is 6.92 Å². The number of rotatable bonds is 9. The zero-order valence-electron chi connectivity index (χ0n) is 12.0. The van der Waals surface area contributed by atoms with E-state index in [-0.39, 0.29) is 6.10 Å². The van der Waals surface area contributed by atoms with E-state index in [1.807, 2.05) is 6.92 Å². The van der Waals surface area contributed by atoms with Crippen molar-refractivity contribution >= 4 is 0 Å². The van der Waals surface area contributed by atoms with Gasteiger partial charge in [-0.05, 0) is 32.3 Å². The molecule has 3 heteroatoms. The van der Waals surface area contributed by atoms with Gasteiger partial charge in [0.1, 0.15) is 0 Å². The quantitative estimate of drug-likeness (QED) is 0.695. The van der Waals surface area contributed by atoms with Gasteiger partial charge in [-0.1, -0.05) is 29.8 Å². The lowest BCUT2D eigenvalue weighted by Gasteiger charge is -2.19. The third-order valence-electron chi connectivity index (χ3n) is 3.33. The Hall–Kier alpha value is -0.900. The lowest BCUT2D eigenvalue weighted by Crippen LogP contribution is -2.26. The fourth-order valence-corrected chi connectivity index (χ4v) is 2.10. The molecule has 0 saturated heterocycles. The Morgan fingerprint density at radius 3 is 2.84 bits per heavy atom. The summed E-state index contributed by atoms with van der Waals surface area (Å²) in [7, 11) is 0. The summed E-state index contributed by atoms with van der Waals surface area (Å²) in [6.07, 6.45) is 2.74. The van der Waals surface area contributed by atoms with Gasteiger partial charge >= 0.3 is 0 Å². The van der Waals surface area contributed by atoms with Crippen molar-refractivity contribution in [2.75, 3.05) is 26.4 Å². The maximum absolute atomic E-state index is 5.98. The molecule has 0 aliphatic heterocycles. The van der Waals surface area contributed by atoms with E-state index in [4.69, 9.17) is 9.47 Å². The van der Waals surface area contributed by atoms with Gasteiger partial charge in [0, 0.05) is 19.2 Å². The van der Waals surface area contributed by atoms with Crippen LogP contribution in [0.4, 0.5) is 0 Å². The highest BCUT2D eigenvalue weighted by Gasteiger charge is 2.22. The number of benzene rings is 1. The van der Waals surface area contributed by atoms with Gasteiger partial charge in [-0.15, -0.1) is 0 Å². The van der Waals surface area contributed by atoms with Crippen molar-refractivity contribution in [1.29, 1.82) is 0 Å². The normalized spacial score (nSPS) is 16.5. The second kappa shape index (κ2) is 7.63. The lowest BCUT2D eigenvalue weighted by atomic mass is 10.1. The van der Waals surface area contributed by atoms with Crippen LogP contribution < -0.4 is 5.32 Å². The van der Waals surface area contributed by atoms with Crippen LogP contribution >= 0.6 is 0 Å². The van der Waals surface area contributed by atoms with Crippen LogP contribution in [0.2, 0.25) is 0 Å². The number of hydrogen-bond acceptors (Lipinski definition) is 3. The molecule has 0 radical (unpaired) electrons. The SMILES string of the molecule is CCOCCOC(CNC1CC1)c1cccc(C)c1. The van der Waals surface area contributed by atoms with Crippen molar-refractivity contribution < 1.29 is 9.47 Å². The molecule has 0 amide bonds. The maximum Gasteiger partial charge on any atom is 0.0950 e. The first-order valence-electron chi connectivity index (χ1n) is 7.29. The smallest absolute Gasteiger partial charge is 0.0950 e. The highest BCUT2D eigenvalue weighted by Crippen LogP contribution is 2.22. The van der Waals surface area contributed by atoms with Crippen molar-refractivity contribution in [2.24, 2.45) is 0 Å². The third kappa shape index (κ3) is 5.31. The van der Waals surface area contributed by atoms with Gasteiger partial charge in [-0.25, -0.2) is 0 Å². The summed E-state index contributed by atoms with van der Waals surface area (Å²) in [6.45, 7) is 7.09.